The van der Waals surface area contributed by atoms with E-state index in [1.807, 2.05) is 19.9 Å². The zero-order valence-electron chi connectivity index (χ0n) is 17.7. The largest absolute Gasteiger partial charge is 0.511 e. The van der Waals surface area contributed by atoms with E-state index < -0.39 is 11.2 Å². The quantitative estimate of drug-likeness (QED) is 0.563. The van der Waals surface area contributed by atoms with Gasteiger partial charge in [-0.3, -0.25) is 4.79 Å². The van der Waals surface area contributed by atoms with E-state index in [1.54, 1.807) is 18.2 Å². The number of halogens is 2. The predicted octanol–water partition coefficient (Wildman–Crippen LogP) is 7.13. The van der Waals surface area contributed by atoms with Crippen LogP contribution in [0.1, 0.15) is 51.7 Å². The van der Waals surface area contributed by atoms with Crippen molar-refractivity contribution >= 4 is 23.0 Å². The minimum atomic E-state index is -0.563. The Balaban J connectivity index is 1.82. The molecule has 0 heterocycles. The van der Waals surface area contributed by atoms with Crippen molar-refractivity contribution in [2.75, 3.05) is 0 Å². The van der Waals surface area contributed by atoms with Crippen molar-refractivity contribution in [3.8, 4) is 11.5 Å². The van der Waals surface area contributed by atoms with Crippen molar-refractivity contribution < 1.29 is 19.0 Å². The molecule has 0 aromatic heterocycles. The maximum Gasteiger partial charge on any atom is 0.173 e. The van der Waals surface area contributed by atoms with Gasteiger partial charge in [-0.15, -0.1) is 0 Å². The molecular weight excluding hydrogens is 403 g/mol. The standard InChI is InChI=1S/C25H26ClFO3/c1-5-14-6-8-16(30-20-9-7-15(26)12-19(20)27)13-17(14)21-22(28)18-10-11-25(4,23(21)29)24(18,2)3/h6-9,12-13,18,28H,5,10-11H2,1-4H3/t18-,25?/m0/s1. The lowest BCUT2D eigenvalue weighted by molar-refractivity contribution is -0.128. The van der Waals surface area contributed by atoms with Gasteiger partial charge in [-0.2, -0.15) is 0 Å². The first-order chi connectivity index (χ1) is 14.1. The van der Waals surface area contributed by atoms with E-state index in [-0.39, 0.29) is 33.6 Å². The predicted molar refractivity (Wildman–Crippen MR) is 116 cm³/mol. The molecule has 2 bridgehead atoms. The highest BCUT2D eigenvalue weighted by Crippen LogP contribution is 2.63. The number of carbonyl (C=O) groups is 1. The van der Waals surface area contributed by atoms with Crippen LogP contribution in [0, 0.1) is 22.6 Å². The summed E-state index contributed by atoms with van der Waals surface area (Å²) in [7, 11) is 0. The Morgan fingerprint density at radius 3 is 2.60 bits per heavy atom. The fourth-order valence-corrected chi connectivity index (χ4v) is 5.22. The molecule has 0 spiro atoms. The summed E-state index contributed by atoms with van der Waals surface area (Å²) in [5, 5.41) is 11.4. The molecule has 5 heteroatoms. The highest BCUT2D eigenvalue weighted by atomic mass is 35.5. The molecule has 4 rings (SSSR count). The lowest BCUT2D eigenvalue weighted by atomic mass is 9.58. The molecule has 2 atom stereocenters. The number of hydrogen-bond acceptors (Lipinski definition) is 3. The maximum atomic E-state index is 14.2. The van der Waals surface area contributed by atoms with Crippen molar-refractivity contribution in [2.45, 2.75) is 47.0 Å². The van der Waals surface area contributed by atoms with Crippen molar-refractivity contribution in [3.05, 3.63) is 64.1 Å². The van der Waals surface area contributed by atoms with E-state index in [0.717, 1.165) is 18.4 Å². The Labute approximate surface area is 181 Å². The van der Waals surface area contributed by atoms with Gasteiger partial charge in [-0.05, 0) is 66.1 Å². The number of rotatable bonds is 4. The molecule has 158 valence electrons. The summed E-state index contributed by atoms with van der Waals surface area (Å²) in [6.45, 7) is 8.15. The Morgan fingerprint density at radius 1 is 1.20 bits per heavy atom. The van der Waals surface area contributed by atoms with E-state index >= 15 is 0 Å². The SMILES string of the molecule is CCc1ccc(Oc2ccc(Cl)cc2F)cc1C1=C(O)[C@@H]2CCC(C)(C1=O)C2(C)C. The first kappa shape index (κ1) is 20.9. The van der Waals surface area contributed by atoms with Gasteiger partial charge in [0.25, 0.3) is 0 Å². The van der Waals surface area contributed by atoms with Crippen LogP contribution < -0.4 is 4.74 Å². The Hall–Kier alpha value is -2.33. The monoisotopic (exact) mass is 428 g/mol. The second-order valence-electron chi connectivity index (χ2n) is 9.08. The summed E-state index contributed by atoms with van der Waals surface area (Å²) in [6.07, 6.45) is 2.24. The highest BCUT2D eigenvalue weighted by Gasteiger charge is 2.61. The summed E-state index contributed by atoms with van der Waals surface area (Å²) in [5.41, 5.74) is 1.17. The summed E-state index contributed by atoms with van der Waals surface area (Å²) >= 11 is 5.82. The Bertz CT molecular complexity index is 1070. The molecule has 1 saturated carbocycles. The van der Waals surface area contributed by atoms with E-state index in [4.69, 9.17) is 16.3 Å². The van der Waals surface area contributed by atoms with Crippen molar-refractivity contribution in [3.63, 3.8) is 0 Å². The molecule has 30 heavy (non-hydrogen) atoms. The topological polar surface area (TPSA) is 46.5 Å². The number of aryl methyl sites for hydroxylation is 1. The molecule has 2 aliphatic rings. The van der Waals surface area contributed by atoms with Crippen LogP contribution in [0.5, 0.6) is 11.5 Å². The van der Waals surface area contributed by atoms with Gasteiger partial charge in [-0.25, -0.2) is 4.39 Å². The molecular formula is C25H26ClFO3. The maximum absolute atomic E-state index is 14.2. The van der Waals surface area contributed by atoms with Crippen molar-refractivity contribution in [2.24, 2.45) is 16.7 Å². The molecule has 2 aromatic carbocycles. The number of Topliss-reactive ketones (excluding diaryl/α,β-unsaturated/α-hetero) is 1. The number of aliphatic hydroxyl groups is 1. The van der Waals surface area contributed by atoms with E-state index in [1.165, 1.54) is 12.1 Å². The van der Waals surface area contributed by atoms with Crippen LogP contribution in [-0.2, 0) is 11.2 Å². The fourth-order valence-electron chi connectivity index (χ4n) is 5.06. The number of hydrogen-bond donors (Lipinski definition) is 1. The van der Waals surface area contributed by atoms with Gasteiger partial charge < -0.3 is 9.84 Å². The third kappa shape index (κ3) is 2.96. The van der Waals surface area contributed by atoms with Crippen LogP contribution in [0.15, 0.2) is 42.2 Å². The number of aliphatic hydroxyl groups excluding tert-OH is 1. The summed E-state index contributed by atoms with van der Waals surface area (Å²) in [6, 6.07) is 9.57. The minimum absolute atomic E-state index is 0.0247. The first-order valence-electron chi connectivity index (χ1n) is 10.3. The number of allylic oxidation sites excluding steroid dienone is 2. The van der Waals surface area contributed by atoms with Crippen molar-refractivity contribution in [1.29, 1.82) is 0 Å². The van der Waals surface area contributed by atoms with Gasteiger partial charge in [0.05, 0.1) is 5.57 Å². The van der Waals surface area contributed by atoms with E-state index in [2.05, 4.69) is 13.8 Å². The van der Waals surface area contributed by atoms with Gasteiger partial charge in [0.2, 0.25) is 0 Å². The smallest absolute Gasteiger partial charge is 0.173 e. The Kier molecular flexibility index (Phi) is 4.97. The summed E-state index contributed by atoms with van der Waals surface area (Å²) in [4.78, 5) is 13.6. The van der Waals surface area contributed by atoms with Gasteiger partial charge in [-0.1, -0.05) is 45.4 Å². The first-order valence-corrected chi connectivity index (χ1v) is 10.7. The summed E-state index contributed by atoms with van der Waals surface area (Å²) < 4.78 is 19.9. The average molecular weight is 429 g/mol. The normalized spacial score (nSPS) is 25.0. The molecule has 3 nitrogen and oxygen atoms in total. The molecule has 0 saturated heterocycles. The second kappa shape index (κ2) is 7.12. The molecule has 0 amide bonds. The Morgan fingerprint density at radius 2 is 1.93 bits per heavy atom. The van der Waals surface area contributed by atoms with Crippen molar-refractivity contribution in [1.82, 2.24) is 0 Å². The zero-order valence-corrected chi connectivity index (χ0v) is 18.4. The number of benzene rings is 2. The number of carbonyl (C=O) groups excluding carboxylic acids is 1. The van der Waals surface area contributed by atoms with Gasteiger partial charge in [0.15, 0.2) is 17.3 Å². The van der Waals surface area contributed by atoms with Crippen LogP contribution in [0.25, 0.3) is 5.57 Å². The lowest BCUT2D eigenvalue weighted by Gasteiger charge is -2.45. The average Bonchev–Trinajstić information content (AvgIpc) is 2.87. The van der Waals surface area contributed by atoms with Crippen LogP contribution in [0.3, 0.4) is 0 Å². The fraction of sp³-hybridized carbons (Fsp3) is 0.400. The van der Waals surface area contributed by atoms with Gasteiger partial charge in [0, 0.05) is 16.4 Å². The number of fused-ring (bicyclic) bond motifs is 2. The number of ether oxygens (including phenoxy) is 1. The van der Waals surface area contributed by atoms with Gasteiger partial charge >= 0.3 is 0 Å². The molecule has 2 aliphatic carbocycles. The third-order valence-electron chi connectivity index (χ3n) is 7.39. The molecule has 1 fully saturated rings. The van der Waals surface area contributed by atoms with Crippen LogP contribution >= 0.6 is 11.6 Å². The molecule has 1 N–H and O–H groups in total. The van der Waals surface area contributed by atoms with Gasteiger partial charge in [0.1, 0.15) is 11.5 Å². The van der Waals surface area contributed by atoms with Crippen LogP contribution in [-0.4, -0.2) is 10.9 Å². The van der Waals surface area contributed by atoms with Crippen LogP contribution in [0.4, 0.5) is 4.39 Å². The molecule has 0 aliphatic heterocycles. The lowest BCUT2D eigenvalue weighted by Crippen LogP contribution is -2.45. The summed E-state index contributed by atoms with van der Waals surface area (Å²) in [5.74, 6) is -0.0208. The highest BCUT2D eigenvalue weighted by molar-refractivity contribution is 6.30. The third-order valence-corrected chi connectivity index (χ3v) is 7.63. The second-order valence-corrected chi connectivity index (χ2v) is 9.52. The molecule has 1 unspecified atom stereocenters. The van der Waals surface area contributed by atoms with E-state index in [9.17, 15) is 14.3 Å². The molecule has 0 radical (unpaired) electrons. The van der Waals surface area contributed by atoms with Crippen LogP contribution in [0.2, 0.25) is 5.02 Å². The molecule has 2 aromatic rings. The number of ketones is 1. The zero-order chi connectivity index (χ0) is 21.8. The van der Waals surface area contributed by atoms with E-state index in [0.29, 0.717) is 23.3 Å². The minimum Gasteiger partial charge on any atom is -0.511 e.